The highest BCUT2D eigenvalue weighted by atomic mass is 35.5. The summed E-state index contributed by atoms with van der Waals surface area (Å²) in [7, 11) is 1.87. The lowest BCUT2D eigenvalue weighted by Gasteiger charge is -2.11. The minimum Gasteiger partial charge on any atom is -0.492 e. The monoisotopic (exact) mass is 402 g/mol. The van der Waals surface area contributed by atoms with Gasteiger partial charge in [0.15, 0.2) is 11.0 Å². The zero-order valence-electron chi connectivity index (χ0n) is 15.0. The first-order valence-electron chi connectivity index (χ1n) is 8.38. The Bertz CT molecular complexity index is 928. The van der Waals surface area contributed by atoms with Crippen LogP contribution in [0.4, 0.5) is 5.69 Å². The molecule has 27 heavy (non-hydrogen) atoms. The van der Waals surface area contributed by atoms with E-state index in [1.54, 1.807) is 0 Å². The van der Waals surface area contributed by atoms with Crippen LogP contribution >= 0.6 is 23.4 Å². The number of amides is 1. The minimum absolute atomic E-state index is 0.136. The topological polar surface area (TPSA) is 69.0 Å². The maximum absolute atomic E-state index is 12.3. The molecule has 140 valence electrons. The van der Waals surface area contributed by atoms with Gasteiger partial charge in [0.05, 0.1) is 18.0 Å². The molecule has 0 saturated heterocycles. The Hall–Kier alpha value is -2.51. The van der Waals surface area contributed by atoms with Crippen LogP contribution in [0.3, 0.4) is 0 Å². The van der Waals surface area contributed by atoms with Gasteiger partial charge >= 0.3 is 0 Å². The van der Waals surface area contributed by atoms with Crippen LogP contribution in [-0.2, 0) is 11.8 Å². The van der Waals surface area contributed by atoms with E-state index in [4.69, 9.17) is 16.3 Å². The molecule has 0 unspecified atom stereocenters. The highest BCUT2D eigenvalue weighted by Gasteiger charge is 2.14. The maximum atomic E-state index is 12.3. The average Bonchev–Trinajstić information content (AvgIpc) is 3.03. The van der Waals surface area contributed by atoms with E-state index in [-0.39, 0.29) is 11.7 Å². The summed E-state index contributed by atoms with van der Waals surface area (Å²) in [6.45, 7) is 2.44. The number of nitrogens with one attached hydrogen (secondary N) is 1. The van der Waals surface area contributed by atoms with E-state index < -0.39 is 0 Å². The normalized spacial score (nSPS) is 10.6. The van der Waals surface area contributed by atoms with Gasteiger partial charge in [-0.2, -0.15) is 0 Å². The van der Waals surface area contributed by atoms with E-state index in [1.807, 2.05) is 67.1 Å². The van der Waals surface area contributed by atoms with E-state index in [9.17, 15) is 4.79 Å². The SMILES string of the molecule is CCOc1ccccc1NC(=O)CSc1nnc(-c2ccc(Cl)cc2)n1C. The molecule has 0 aliphatic carbocycles. The smallest absolute Gasteiger partial charge is 0.234 e. The third-order valence-electron chi connectivity index (χ3n) is 3.73. The molecule has 0 fully saturated rings. The molecule has 0 radical (unpaired) electrons. The fourth-order valence-corrected chi connectivity index (χ4v) is 3.30. The van der Waals surface area contributed by atoms with Crippen LogP contribution in [0.25, 0.3) is 11.4 Å². The van der Waals surface area contributed by atoms with E-state index in [1.165, 1.54) is 11.8 Å². The summed E-state index contributed by atoms with van der Waals surface area (Å²) < 4.78 is 7.38. The van der Waals surface area contributed by atoms with Crippen molar-refractivity contribution in [3.8, 4) is 17.1 Å². The number of carbonyl (C=O) groups is 1. The van der Waals surface area contributed by atoms with Gasteiger partial charge in [-0.1, -0.05) is 35.5 Å². The van der Waals surface area contributed by atoms with Crippen LogP contribution in [0.15, 0.2) is 53.7 Å². The Morgan fingerprint density at radius 2 is 1.93 bits per heavy atom. The molecule has 0 bridgehead atoms. The van der Waals surface area contributed by atoms with Crippen molar-refractivity contribution in [1.82, 2.24) is 14.8 Å². The molecule has 8 heteroatoms. The molecule has 2 aromatic carbocycles. The number of thioether (sulfide) groups is 1. The van der Waals surface area contributed by atoms with Gasteiger partial charge in [0, 0.05) is 17.6 Å². The van der Waals surface area contributed by atoms with Crippen molar-refractivity contribution in [1.29, 1.82) is 0 Å². The van der Waals surface area contributed by atoms with Crippen molar-refractivity contribution in [2.45, 2.75) is 12.1 Å². The second-order valence-electron chi connectivity index (χ2n) is 5.64. The third kappa shape index (κ3) is 4.81. The van der Waals surface area contributed by atoms with E-state index in [2.05, 4.69) is 15.5 Å². The van der Waals surface area contributed by atoms with E-state index >= 15 is 0 Å². The van der Waals surface area contributed by atoms with Crippen LogP contribution in [0.5, 0.6) is 5.75 Å². The molecule has 1 N–H and O–H groups in total. The summed E-state index contributed by atoms with van der Waals surface area (Å²) >= 11 is 7.25. The lowest BCUT2D eigenvalue weighted by molar-refractivity contribution is -0.113. The van der Waals surface area contributed by atoms with Gasteiger partial charge < -0.3 is 14.6 Å². The Labute approximate surface area is 166 Å². The molecule has 0 saturated carbocycles. The highest BCUT2D eigenvalue weighted by Crippen LogP contribution is 2.26. The zero-order chi connectivity index (χ0) is 19.2. The lowest BCUT2D eigenvalue weighted by atomic mass is 10.2. The fraction of sp³-hybridized carbons (Fsp3) is 0.211. The molecule has 1 heterocycles. The number of hydrogen-bond acceptors (Lipinski definition) is 5. The van der Waals surface area contributed by atoms with Crippen LogP contribution in [0, 0.1) is 0 Å². The quantitative estimate of drug-likeness (QED) is 0.598. The maximum Gasteiger partial charge on any atom is 0.234 e. The van der Waals surface area contributed by atoms with E-state index in [0.717, 1.165) is 11.4 Å². The summed E-state index contributed by atoms with van der Waals surface area (Å²) in [6, 6.07) is 14.8. The molecule has 0 spiro atoms. The first kappa shape index (κ1) is 19.3. The summed E-state index contributed by atoms with van der Waals surface area (Å²) in [5.74, 6) is 1.45. The number of para-hydroxylation sites is 2. The Morgan fingerprint density at radius 1 is 1.19 bits per heavy atom. The first-order chi connectivity index (χ1) is 13.1. The average molecular weight is 403 g/mol. The molecule has 1 aromatic heterocycles. The summed E-state index contributed by atoms with van der Waals surface area (Å²) in [5, 5.41) is 12.6. The fourth-order valence-electron chi connectivity index (χ4n) is 2.46. The number of aromatic nitrogens is 3. The number of benzene rings is 2. The first-order valence-corrected chi connectivity index (χ1v) is 9.74. The van der Waals surface area contributed by atoms with E-state index in [0.29, 0.717) is 28.2 Å². The predicted octanol–water partition coefficient (Wildman–Crippen LogP) is 4.27. The molecular weight excluding hydrogens is 384 g/mol. The van der Waals surface area contributed by atoms with Crippen molar-refractivity contribution in [2.75, 3.05) is 17.7 Å². The van der Waals surface area contributed by atoms with Gasteiger partial charge in [-0.25, -0.2) is 0 Å². The largest absolute Gasteiger partial charge is 0.492 e. The summed E-state index contributed by atoms with van der Waals surface area (Å²) in [5.41, 5.74) is 1.57. The molecule has 0 aliphatic rings. The van der Waals surface area contributed by atoms with Gasteiger partial charge in [0.25, 0.3) is 0 Å². The number of ether oxygens (including phenoxy) is 1. The van der Waals surface area contributed by atoms with Gasteiger partial charge in [0.2, 0.25) is 5.91 Å². The van der Waals surface area contributed by atoms with Crippen molar-refractivity contribution in [2.24, 2.45) is 7.05 Å². The number of anilines is 1. The molecule has 6 nitrogen and oxygen atoms in total. The number of halogens is 1. The van der Waals surface area contributed by atoms with Crippen molar-refractivity contribution in [3.05, 3.63) is 53.6 Å². The van der Waals surface area contributed by atoms with Crippen molar-refractivity contribution < 1.29 is 9.53 Å². The molecule has 0 aliphatic heterocycles. The second-order valence-corrected chi connectivity index (χ2v) is 7.02. The molecule has 1 amide bonds. The van der Waals surface area contributed by atoms with Crippen LogP contribution in [-0.4, -0.2) is 33.0 Å². The predicted molar refractivity (Wildman–Crippen MR) is 108 cm³/mol. The Balaban J connectivity index is 1.64. The molecule has 0 atom stereocenters. The van der Waals surface area contributed by atoms with Crippen LogP contribution in [0.2, 0.25) is 5.02 Å². The number of rotatable bonds is 7. The third-order valence-corrected chi connectivity index (χ3v) is 5.00. The van der Waals surface area contributed by atoms with Crippen molar-refractivity contribution >= 4 is 35.0 Å². The van der Waals surface area contributed by atoms with Crippen LogP contribution < -0.4 is 10.1 Å². The van der Waals surface area contributed by atoms with Gasteiger partial charge in [-0.15, -0.1) is 10.2 Å². The lowest BCUT2D eigenvalue weighted by Crippen LogP contribution is -2.15. The highest BCUT2D eigenvalue weighted by molar-refractivity contribution is 7.99. The summed E-state index contributed by atoms with van der Waals surface area (Å²) in [6.07, 6.45) is 0. The molecule has 3 aromatic rings. The zero-order valence-corrected chi connectivity index (χ0v) is 16.5. The number of hydrogen-bond donors (Lipinski definition) is 1. The number of carbonyl (C=O) groups excluding carboxylic acids is 1. The molecular formula is C19H19ClN4O2S. The van der Waals surface area contributed by atoms with Gasteiger partial charge in [-0.05, 0) is 43.3 Å². The van der Waals surface area contributed by atoms with Crippen LogP contribution in [0.1, 0.15) is 6.92 Å². The number of nitrogens with zero attached hydrogens (tertiary/aromatic N) is 3. The van der Waals surface area contributed by atoms with Gasteiger partial charge in [-0.3, -0.25) is 4.79 Å². The Morgan fingerprint density at radius 3 is 2.67 bits per heavy atom. The Kier molecular flexibility index (Phi) is 6.36. The molecule has 3 rings (SSSR count). The second kappa shape index (κ2) is 8.92. The summed E-state index contributed by atoms with van der Waals surface area (Å²) in [4.78, 5) is 12.3. The van der Waals surface area contributed by atoms with Crippen molar-refractivity contribution in [3.63, 3.8) is 0 Å². The minimum atomic E-state index is -0.136. The standard InChI is InChI=1S/C19H19ClN4O2S/c1-3-26-16-7-5-4-6-15(16)21-17(25)12-27-19-23-22-18(24(19)2)13-8-10-14(20)11-9-13/h4-11H,3,12H2,1-2H3,(H,21,25). The van der Waals surface area contributed by atoms with Gasteiger partial charge in [0.1, 0.15) is 5.75 Å².